The van der Waals surface area contributed by atoms with Gasteiger partial charge in [0.15, 0.2) is 0 Å². The van der Waals surface area contributed by atoms with Crippen molar-refractivity contribution in [3.8, 4) is 11.8 Å². The zero-order valence-corrected chi connectivity index (χ0v) is 11.8. The lowest BCUT2D eigenvalue weighted by Crippen LogP contribution is -2.29. The molecule has 2 heterocycles. The molecule has 1 aliphatic heterocycles. The number of allylic oxidation sites excluding steroid dienone is 3. The van der Waals surface area contributed by atoms with Gasteiger partial charge in [-0.25, -0.2) is 4.79 Å². The van der Waals surface area contributed by atoms with Crippen molar-refractivity contribution in [3.05, 3.63) is 51.4 Å². The lowest BCUT2D eigenvalue weighted by atomic mass is 9.76. The topological polar surface area (TPSA) is 89.2 Å². The third-order valence-corrected chi connectivity index (χ3v) is 4.02. The predicted molar refractivity (Wildman–Crippen MR) is 76.4 cm³/mol. The van der Waals surface area contributed by atoms with Crippen molar-refractivity contribution in [1.29, 1.82) is 5.26 Å². The van der Waals surface area contributed by atoms with Gasteiger partial charge in [-0.15, -0.1) is 0 Å². The summed E-state index contributed by atoms with van der Waals surface area (Å²) in [5.41, 5.74) is 6.15. The first-order valence-electron chi connectivity index (χ1n) is 7.00. The van der Waals surface area contributed by atoms with Gasteiger partial charge in [0.25, 0.3) is 0 Å². The average Bonchev–Trinajstić information content (AvgIpc) is 2.46. The number of nitriles is 1. The largest absolute Gasteiger partial charge is 0.440 e. The first-order valence-corrected chi connectivity index (χ1v) is 7.00. The first-order chi connectivity index (χ1) is 10.1. The van der Waals surface area contributed by atoms with E-state index in [0.717, 1.165) is 19.3 Å². The molecule has 0 spiro atoms. The van der Waals surface area contributed by atoms with Crippen LogP contribution in [-0.4, -0.2) is 0 Å². The molecule has 2 aliphatic rings. The zero-order chi connectivity index (χ0) is 15.0. The lowest BCUT2D eigenvalue weighted by molar-refractivity contribution is 0.344. The molecule has 3 rings (SSSR count). The summed E-state index contributed by atoms with van der Waals surface area (Å²) in [4.78, 5) is 12.3. The van der Waals surface area contributed by atoms with Crippen LogP contribution in [0, 0.1) is 24.2 Å². The van der Waals surface area contributed by atoms with Crippen LogP contribution >= 0.6 is 0 Å². The van der Waals surface area contributed by atoms with Crippen LogP contribution in [0.25, 0.3) is 0 Å². The lowest BCUT2D eigenvalue weighted by Gasteiger charge is -2.30. The van der Waals surface area contributed by atoms with Gasteiger partial charge in [-0.2, -0.15) is 5.26 Å². The molecule has 0 unspecified atom stereocenters. The second-order valence-corrected chi connectivity index (χ2v) is 5.41. The molecule has 1 aromatic heterocycles. The number of nitrogens with two attached hydrogens (primary N) is 1. The monoisotopic (exact) mass is 284 g/mol. The summed E-state index contributed by atoms with van der Waals surface area (Å²) >= 11 is 0. The highest BCUT2D eigenvalue weighted by molar-refractivity contribution is 5.49. The smallest absolute Gasteiger partial charge is 0.343 e. The maximum absolute atomic E-state index is 12.3. The Kier molecular flexibility index (Phi) is 3.30. The van der Waals surface area contributed by atoms with Gasteiger partial charge in [-0.3, -0.25) is 0 Å². The minimum absolute atomic E-state index is 0.0696. The Hall–Kier alpha value is -2.48. The molecule has 0 saturated carbocycles. The molecule has 0 amide bonds. The van der Waals surface area contributed by atoms with E-state index in [1.807, 2.05) is 0 Å². The molecule has 0 fully saturated rings. The van der Waals surface area contributed by atoms with Crippen LogP contribution < -0.4 is 16.1 Å². The Balaban J connectivity index is 2.20. The highest BCUT2D eigenvalue weighted by Crippen LogP contribution is 2.43. The van der Waals surface area contributed by atoms with Crippen molar-refractivity contribution >= 4 is 0 Å². The third kappa shape index (κ3) is 2.23. The van der Waals surface area contributed by atoms with E-state index in [0.29, 0.717) is 22.6 Å². The molecule has 0 radical (unpaired) electrons. The molecule has 21 heavy (non-hydrogen) atoms. The molecule has 2 N–H and O–H groups in total. The summed E-state index contributed by atoms with van der Waals surface area (Å²) in [5, 5.41) is 9.41. The summed E-state index contributed by atoms with van der Waals surface area (Å²) in [6, 6.07) is 3.75. The summed E-state index contributed by atoms with van der Waals surface area (Å²) < 4.78 is 10.7. The second-order valence-electron chi connectivity index (χ2n) is 5.41. The molecular weight excluding hydrogens is 268 g/mol. The summed E-state index contributed by atoms with van der Waals surface area (Å²) in [5.74, 6) is 0.639. The van der Waals surface area contributed by atoms with E-state index in [-0.39, 0.29) is 17.7 Å². The normalized spacial score (nSPS) is 24.2. The molecule has 0 aromatic carbocycles. The van der Waals surface area contributed by atoms with E-state index >= 15 is 0 Å². The predicted octanol–water partition coefficient (Wildman–Crippen LogP) is 2.47. The zero-order valence-electron chi connectivity index (χ0n) is 11.8. The quantitative estimate of drug-likeness (QED) is 0.800. The fourth-order valence-electron chi connectivity index (χ4n) is 3.10. The Morgan fingerprint density at radius 1 is 1.48 bits per heavy atom. The maximum atomic E-state index is 12.3. The highest BCUT2D eigenvalue weighted by Gasteiger charge is 2.37. The van der Waals surface area contributed by atoms with E-state index in [9.17, 15) is 10.1 Å². The summed E-state index contributed by atoms with van der Waals surface area (Å²) in [7, 11) is 0. The third-order valence-electron chi connectivity index (χ3n) is 4.02. The minimum Gasteiger partial charge on any atom is -0.440 e. The van der Waals surface area contributed by atoms with E-state index < -0.39 is 5.63 Å². The number of hydrogen-bond donors (Lipinski definition) is 1. The van der Waals surface area contributed by atoms with E-state index in [1.165, 1.54) is 0 Å². The van der Waals surface area contributed by atoms with Crippen molar-refractivity contribution in [2.75, 3.05) is 0 Å². The van der Waals surface area contributed by atoms with Gasteiger partial charge in [-0.1, -0.05) is 12.2 Å². The van der Waals surface area contributed by atoms with Crippen LogP contribution in [0.5, 0.6) is 5.75 Å². The Labute approximate surface area is 122 Å². The Bertz CT molecular complexity index is 737. The van der Waals surface area contributed by atoms with Crippen LogP contribution in [0.4, 0.5) is 0 Å². The number of aryl methyl sites for hydroxylation is 1. The first kappa shape index (κ1) is 13.5. The average molecular weight is 284 g/mol. The number of nitrogens with zero attached hydrogens (tertiary/aromatic N) is 1. The number of hydrogen-bond acceptors (Lipinski definition) is 5. The highest BCUT2D eigenvalue weighted by atomic mass is 16.5. The van der Waals surface area contributed by atoms with Crippen LogP contribution in [-0.2, 0) is 0 Å². The van der Waals surface area contributed by atoms with Crippen molar-refractivity contribution in [1.82, 2.24) is 0 Å². The number of fused-ring (bicyclic) bond motifs is 1. The van der Waals surface area contributed by atoms with E-state index in [2.05, 4.69) is 18.2 Å². The van der Waals surface area contributed by atoms with Crippen LogP contribution in [0.3, 0.4) is 0 Å². The van der Waals surface area contributed by atoms with Gasteiger partial charge in [0.1, 0.15) is 17.6 Å². The van der Waals surface area contributed by atoms with Crippen molar-refractivity contribution in [3.63, 3.8) is 0 Å². The maximum Gasteiger partial charge on any atom is 0.343 e. The molecule has 0 saturated heterocycles. The van der Waals surface area contributed by atoms with E-state index in [1.54, 1.807) is 13.0 Å². The number of ether oxygens (including phenoxy) is 1. The fraction of sp³-hybridized carbons (Fsp3) is 0.375. The number of rotatable bonds is 1. The van der Waals surface area contributed by atoms with Crippen LogP contribution in [0.1, 0.15) is 36.5 Å². The minimum atomic E-state index is -0.450. The van der Waals surface area contributed by atoms with Gasteiger partial charge in [-0.05, 0) is 32.1 Å². The van der Waals surface area contributed by atoms with Crippen molar-refractivity contribution < 1.29 is 9.15 Å². The van der Waals surface area contributed by atoms with Gasteiger partial charge in [0.2, 0.25) is 5.88 Å². The van der Waals surface area contributed by atoms with E-state index in [4.69, 9.17) is 14.9 Å². The molecule has 1 aromatic rings. The van der Waals surface area contributed by atoms with Crippen molar-refractivity contribution in [2.24, 2.45) is 11.7 Å². The van der Waals surface area contributed by atoms with Gasteiger partial charge in [0.05, 0.1) is 11.1 Å². The Morgan fingerprint density at radius 2 is 2.29 bits per heavy atom. The summed E-state index contributed by atoms with van der Waals surface area (Å²) in [6.45, 7) is 1.68. The molecule has 0 bridgehead atoms. The molecule has 108 valence electrons. The molecular formula is C16H16N2O3. The van der Waals surface area contributed by atoms with Crippen LogP contribution in [0.15, 0.2) is 38.9 Å². The van der Waals surface area contributed by atoms with Crippen LogP contribution in [0.2, 0.25) is 0 Å². The van der Waals surface area contributed by atoms with Gasteiger partial charge >= 0.3 is 5.63 Å². The van der Waals surface area contributed by atoms with Crippen molar-refractivity contribution in [2.45, 2.75) is 32.1 Å². The van der Waals surface area contributed by atoms with Gasteiger partial charge in [0, 0.05) is 12.0 Å². The standard InChI is InChI=1S/C16H16N2O3/c1-9-7-12-14(16(19)20-9)13(10-5-3-2-4-6-10)11(8-17)15(18)21-12/h3,5,7,10,13H,2,4,6,18H2,1H3/t10-,13-/m0/s1. The second kappa shape index (κ2) is 5.13. The van der Waals surface area contributed by atoms with Gasteiger partial charge < -0.3 is 14.9 Å². The molecule has 5 heteroatoms. The molecule has 5 nitrogen and oxygen atoms in total. The SMILES string of the molecule is Cc1cc2c(c(=O)o1)[C@@H]([C@H]1C=CCCC1)C(C#N)=C(N)O2. The fourth-order valence-corrected chi connectivity index (χ4v) is 3.10. The Morgan fingerprint density at radius 3 is 2.95 bits per heavy atom. The molecule has 2 atom stereocenters. The molecule has 1 aliphatic carbocycles. The summed E-state index contributed by atoms with van der Waals surface area (Å²) in [6.07, 6.45) is 7.11.